The van der Waals surface area contributed by atoms with Gasteiger partial charge in [0.2, 0.25) is 43.7 Å². The SMILES string of the molecule is C=C(N)NCCCC(NC(=O)C1=CC=C(c2ccc(Cl)cc2)C1)C(=O)NCCNS(C)(=O)=O.C=C(N)NCCCC(NC(=O)C1=CC=C(c2ccccc2)C1)C(=O)NCCNS(C)(=O)=O. The van der Waals surface area contributed by atoms with Crippen LogP contribution in [0.25, 0.3) is 11.1 Å². The van der Waals surface area contributed by atoms with Crippen molar-refractivity contribution in [3.63, 3.8) is 0 Å². The maximum atomic E-state index is 12.8. The van der Waals surface area contributed by atoms with Crippen molar-refractivity contribution < 1.29 is 36.0 Å². The van der Waals surface area contributed by atoms with Crippen molar-refractivity contribution in [1.29, 1.82) is 0 Å². The van der Waals surface area contributed by atoms with Gasteiger partial charge in [0.1, 0.15) is 12.1 Å². The third-order valence-corrected chi connectivity index (χ3v) is 11.2. The minimum atomic E-state index is -3.35. The molecule has 0 saturated carbocycles. The summed E-state index contributed by atoms with van der Waals surface area (Å²) >= 11 is 5.94. The molecule has 4 rings (SSSR count). The molecule has 65 heavy (non-hydrogen) atoms. The van der Waals surface area contributed by atoms with Crippen molar-refractivity contribution >= 4 is 66.4 Å². The Balaban J connectivity index is 0.000000345. The lowest BCUT2D eigenvalue weighted by Crippen LogP contribution is -2.48. The van der Waals surface area contributed by atoms with E-state index in [1.54, 1.807) is 24.3 Å². The van der Waals surface area contributed by atoms with Crippen LogP contribution in [0.5, 0.6) is 0 Å². The third kappa shape index (κ3) is 21.5. The normalized spacial score (nSPS) is 14.1. The molecule has 0 radical (unpaired) electrons. The van der Waals surface area contributed by atoms with E-state index < -0.39 is 38.0 Å². The first-order chi connectivity index (χ1) is 30.7. The lowest BCUT2D eigenvalue weighted by molar-refractivity contribution is -0.127. The van der Waals surface area contributed by atoms with E-state index >= 15 is 0 Å². The zero-order valence-electron chi connectivity index (χ0n) is 36.7. The lowest BCUT2D eigenvalue weighted by atomic mass is 10.0. The molecule has 0 saturated heterocycles. The van der Waals surface area contributed by atoms with Crippen LogP contribution in [0.2, 0.25) is 5.02 Å². The van der Waals surface area contributed by atoms with Gasteiger partial charge in [-0.1, -0.05) is 91.5 Å². The number of amides is 4. The topological polar surface area (TPSA) is 285 Å². The van der Waals surface area contributed by atoms with Gasteiger partial charge in [-0.3, -0.25) is 19.2 Å². The van der Waals surface area contributed by atoms with Crippen molar-refractivity contribution in [2.45, 2.75) is 50.6 Å². The molecule has 2 aromatic rings. The molecule has 0 bridgehead atoms. The molecular formula is C44H61ClN10O8S2. The monoisotopic (exact) mass is 956 g/mol. The Labute approximate surface area is 387 Å². The van der Waals surface area contributed by atoms with Gasteiger partial charge in [-0.25, -0.2) is 26.3 Å². The van der Waals surface area contributed by atoms with Crippen molar-refractivity contribution in [2.24, 2.45) is 11.5 Å². The number of nitrogens with one attached hydrogen (secondary N) is 8. The Bertz CT molecular complexity index is 2350. The van der Waals surface area contributed by atoms with Crippen molar-refractivity contribution in [3.05, 3.63) is 131 Å². The van der Waals surface area contributed by atoms with Crippen LogP contribution in [0.3, 0.4) is 0 Å². The predicted octanol–water partition coefficient (Wildman–Crippen LogP) is 1.35. The molecule has 0 spiro atoms. The van der Waals surface area contributed by atoms with Crippen LogP contribution >= 0.6 is 11.6 Å². The minimum absolute atomic E-state index is 0.0549. The molecule has 18 nitrogen and oxygen atoms in total. The van der Waals surface area contributed by atoms with Crippen LogP contribution in [0.15, 0.2) is 115 Å². The van der Waals surface area contributed by atoms with E-state index in [1.165, 1.54) is 0 Å². The molecule has 2 unspecified atom stereocenters. The number of hydrogen-bond donors (Lipinski definition) is 10. The van der Waals surface area contributed by atoms with Crippen LogP contribution in [0.1, 0.15) is 49.7 Å². The first kappa shape index (κ1) is 53.4. The second kappa shape index (κ2) is 26.8. The number of benzene rings is 2. The number of halogens is 1. The number of hydrogen-bond acceptors (Lipinski definition) is 12. The van der Waals surface area contributed by atoms with E-state index in [0.717, 1.165) is 34.8 Å². The van der Waals surface area contributed by atoms with E-state index in [0.29, 0.717) is 79.4 Å². The summed E-state index contributed by atoms with van der Waals surface area (Å²) in [4.78, 5) is 50.9. The van der Waals surface area contributed by atoms with Gasteiger partial charge in [0.05, 0.1) is 24.2 Å². The molecule has 2 atom stereocenters. The van der Waals surface area contributed by atoms with E-state index in [1.807, 2.05) is 54.6 Å². The fourth-order valence-corrected chi connectivity index (χ4v) is 7.39. The molecule has 21 heteroatoms. The van der Waals surface area contributed by atoms with E-state index in [2.05, 4.69) is 54.5 Å². The maximum Gasteiger partial charge on any atom is 0.248 e. The largest absolute Gasteiger partial charge is 0.386 e. The van der Waals surface area contributed by atoms with Gasteiger partial charge in [-0.2, -0.15) is 0 Å². The van der Waals surface area contributed by atoms with Gasteiger partial charge in [0.25, 0.3) is 0 Å². The third-order valence-electron chi connectivity index (χ3n) is 9.54. The Kier molecular flexibility index (Phi) is 22.0. The molecule has 2 aliphatic rings. The van der Waals surface area contributed by atoms with Crippen LogP contribution < -0.4 is 52.8 Å². The molecule has 0 heterocycles. The second-order valence-corrected chi connectivity index (χ2v) is 19.3. The van der Waals surface area contributed by atoms with Gasteiger partial charge in [0, 0.05) is 68.3 Å². The molecule has 0 aromatic heterocycles. The molecule has 0 fully saturated rings. The van der Waals surface area contributed by atoms with Crippen LogP contribution in [0, 0.1) is 0 Å². The molecule has 12 N–H and O–H groups in total. The zero-order valence-corrected chi connectivity index (χ0v) is 39.1. The van der Waals surface area contributed by atoms with E-state index in [-0.39, 0.29) is 43.9 Å². The number of rotatable bonds is 26. The number of allylic oxidation sites excluding steroid dienone is 6. The fourth-order valence-electron chi connectivity index (χ4n) is 6.31. The highest BCUT2D eigenvalue weighted by molar-refractivity contribution is 7.89. The van der Waals surface area contributed by atoms with E-state index in [4.69, 9.17) is 23.1 Å². The molecule has 354 valence electrons. The Morgan fingerprint density at radius 1 is 0.585 bits per heavy atom. The van der Waals surface area contributed by atoms with Crippen molar-refractivity contribution in [3.8, 4) is 0 Å². The summed E-state index contributed by atoms with van der Waals surface area (Å²) < 4.78 is 49.2. The number of nitrogens with two attached hydrogens (primary N) is 2. The fraction of sp³-hybridized carbons (Fsp3) is 0.364. The highest BCUT2D eigenvalue weighted by atomic mass is 35.5. The molecule has 2 aromatic carbocycles. The maximum absolute atomic E-state index is 12.8. The highest BCUT2D eigenvalue weighted by Gasteiger charge is 2.26. The van der Waals surface area contributed by atoms with Crippen LogP contribution in [0.4, 0.5) is 0 Å². The minimum Gasteiger partial charge on any atom is -0.386 e. The zero-order chi connectivity index (χ0) is 48.0. The van der Waals surface area contributed by atoms with Gasteiger partial charge in [0.15, 0.2) is 0 Å². The Morgan fingerprint density at radius 3 is 1.37 bits per heavy atom. The van der Waals surface area contributed by atoms with E-state index in [9.17, 15) is 36.0 Å². The molecule has 4 amide bonds. The summed E-state index contributed by atoms with van der Waals surface area (Å²) in [6, 6.07) is 15.6. The summed E-state index contributed by atoms with van der Waals surface area (Å²) in [5, 5.41) is 17.3. The summed E-state index contributed by atoms with van der Waals surface area (Å²) in [5.74, 6) is -0.760. The van der Waals surface area contributed by atoms with Gasteiger partial charge >= 0.3 is 0 Å². The molecule has 2 aliphatic carbocycles. The number of sulfonamides is 2. The highest BCUT2D eigenvalue weighted by Crippen LogP contribution is 2.30. The summed E-state index contributed by atoms with van der Waals surface area (Å²) in [6.07, 6.45) is 12.2. The van der Waals surface area contributed by atoms with Gasteiger partial charge in [-0.05, 0) is 60.1 Å². The van der Waals surface area contributed by atoms with Crippen LogP contribution in [-0.4, -0.2) is 104 Å². The predicted molar refractivity (Wildman–Crippen MR) is 256 cm³/mol. The summed E-state index contributed by atoms with van der Waals surface area (Å²) in [5.41, 5.74) is 16.1. The standard InChI is InChI=1S/C22H30ClN5O4S.C22H31N5O4S/c1-15(24)25-11-3-4-20(22(30)26-12-13-27-33(2,31)32)28-21(29)18-6-5-17(14-18)16-7-9-19(23)10-8-16;1-16(23)24-12-6-9-20(22(29)25-13-14-26-32(2,30)31)27-21(28)19-11-10-18(15-19)17-7-4-3-5-8-17/h5-10,20,25,27H,1,3-4,11-14,24H2,2H3,(H,26,30)(H,28,29);3-5,7-8,10-11,20,24,26H,1,6,9,12-15,23H2,2H3,(H,25,29)(H,27,28). The number of carbonyl (C=O) groups excluding carboxylic acids is 4. The van der Waals surface area contributed by atoms with Crippen molar-refractivity contribution in [1.82, 2.24) is 41.3 Å². The molecular weight excluding hydrogens is 896 g/mol. The van der Waals surface area contributed by atoms with Crippen LogP contribution in [-0.2, 0) is 39.2 Å². The van der Waals surface area contributed by atoms with Crippen molar-refractivity contribution in [2.75, 3.05) is 51.8 Å². The summed E-state index contributed by atoms with van der Waals surface area (Å²) in [7, 11) is -6.69. The van der Waals surface area contributed by atoms with Gasteiger partial charge < -0.3 is 43.4 Å². The quantitative estimate of drug-likeness (QED) is 0.0599. The first-order valence-corrected chi connectivity index (χ1v) is 24.9. The Morgan fingerprint density at radius 2 is 0.985 bits per heavy atom. The average molecular weight is 958 g/mol. The lowest BCUT2D eigenvalue weighted by Gasteiger charge is -2.19. The first-order valence-electron chi connectivity index (χ1n) is 20.7. The van der Waals surface area contributed by atoms with Gasteiger partial charge in [-0.15, -0.1) is 0 Å². The molecule has 0 aliphatic heterocycles. The summed E-state index contributed by atoms with van der Waals surface area (Å²) in [6.45, 7) is 8.44. The average Bonchev–Trinajstić information content (AvgIpc) is 3.95. The second-order valence-electron chi connectivity index (χ2n) is 15.1. The Hall–Kier alpha value is -5.93. The smallest absolute Gasteiger partial charge is 0.248 e. The number of carbonyl (C=O) groups is 4.